The zero-order valence-electron chi connectivity index (χ0n) is 10.6. The Bertz CT molecular complexity index is 572. The first kappa shape index (κ1) is 13.4. The second-order valence-electron chi connectivity index (χ2n) is 4.01. The van der Waals surface area contributed by atoms with E-state index >= 15 is 0 Å². The van der Waals surface area contributed by atoms with Gasteiger partial charge < -0.3 is 10.6 Å². The highest BCUT2D eigenvalue weighted by molar-refractivity contribution is 5.61. The van der Waals surface area contributed by atoms with Crippen LogP contribution < -0.4 is 10.6 Å². The number of halogens is 2. The number of nitrogens with zero attached hydrogens (tertiary/aromatic N) is 2. The maximum atomic E-state index is 14.2. The molecule has 0 saturated carbocycles. The van der Waals surface area contributed by atoms with E-state index in [9.17, 15) is 8.78 Å². The monoisotopic (exact) mass is 263 g/mol. The molecule has 100 valence electrons. The molecule has 1 aromatic heterocycles. The molecule has 0 bridgehead atoms. The zero-order valence-corrected chi connectivity index (χ0v) is 10.6. The van der Waals surface area contributed by atoms with Crippen LogP contribution in [-0.2, 0) is 6.54 Å². The fraction of sp³-hybridized carbons (Fsp3) is 0.214. The number of anilines is 2. The first-order valence-corrected chi connectivity index (χ1v) is 6.04. The van der Waals surface area contributed by atoms with Gasteiger partial charge in [-0.1, -0.05) is 12.1 Å². The Morgan fingerprint density at radius 1 is 1.21 bits per heavy atom. The number of rotatable bonds is 4. The highest BCUT2D eigenvalue weighted by Crippen LogP contribution is 2.28. The highest BCUT2D eigenvalue weighted by Gasteiger charge is 2.18. The van der Waals surface area contributed by atoms with Crippen LogP contribution in [0.15, 0.2) is 36.5 Å². The molecule has 0 unspecified atom stereocenters. The summed E-state index contributed by atoms with van der Waals surface area (Å²) >= 11 is 0. The van der Waals surface area contributed by atoms with Gasteiger partial charge in [0.05, 0.1) is 5.69 Å². The lowest BCUT2D eigenvalue weighted by Gasteiger charge is -2.23. The quantitative estimate of drug-likeness (QED) is 0.922. The van der Waals surface area contributed by atoms with E-state index in [1.165, 1.54) is 23.2 Å². The highest BCUT2D eigenvalue weighted by atomic mass is 19.1. The van der Waals surface area contributed by atoms with Crippen molar-refractivity contribution in [2.45, 2.75) is 13.5 Å². The Morgan fingerprint density at radius 2 is 1.95 bits per heavy atom. The first-order chi connectivity index (χ1) is 9.19. The molecule has 1 heterocycles. The molecule has 2 N–H and O–H groups in total. The van der Waals surface area contributed by atoms with Crippen molar-refractivity contribution in [2.75, 3.05) is 11.4 Å². The Balaban J connectivity index is 2.52. The number of benzene rings is 1. The van der Waals surface area contributed by atoms with E-state index < -0.39 is 11.6 Å². The van der Waals surface area contributed by atoms with E-state index in [0.29, 0.717) is 17.8 Å². The Hall–Kier alpha value is -2.01. The molecular weight excluding hydrogens is 248 g/mol. The lowest BCUT2D eigenvalue weighted by atomic mass is 10.2. The summed E-state index contributed by atoms with van der Waals surface area (Å²) < 4.78 is 28.0. The minimum Gasteiger partial charge on any atom is -0.326 e. The average Bonchev–Trinajstić information content (AvgIpc) is 2.43. The van der Waals surface area contributed by atoms with Crippen LogP contribution in [0.1, 0.15) is 12.5 Å². The van der Waals surface area contributed by atoms with Gasteiger partial charge in [-0.05, 0) is 25.1 Å². The molecule has 0 radical (unpaired) electrons. The van der Waals surface area contributed by atoms with E-state index in [0.717, 1.165) is 0 Å². The summed E-state index contributed by atoms with van der Waals surface area (Å²) in [6.45, 7) is 2.29. The number of hydrogen-bond donors (Lipinski definition) is 1. The molecular formula is C14H15F2N3. The van der Waals surface area contributed by atoms with Gasteiger partial charge in [0.2, 0.25) is 0 Å². The van der Waals surface area contributed by atoms with Gasteiger partial charge in [0.1, 0.15) is 5.82 Å². The Morgan fingerprint density at radius 3 is 2.58 bits per heavy atom. The largest absolute Gasteiger partial charge is 0.326 e. The molecule has 0 aliphatic rings. The average molecular weight is 263 g/mol. The van der Waals surface area contributed by atoms with Crippen LogP contribution in [-0.4, -0.2) is 11.5 Å². The van der Waals surface area contributed by atoms with Crippen LogP contribution in [0.2, 0.25) is 0 Å². The van der Waals surface area contributed by atoms with E-state index in [-0.39, 0.29) is 12.4 Å². The fourth-order valence-electron chi connectivity index (χ4n) is 1.92. The SMILES string of the molecule is CCN(c1ccccc1F)c1nccc(CN)c1F. The van der Waals surface area contributed by atoms with Gasteiger partial charge >= 0.3 is 0 Å². The minimum atomic E-state index is -0.505. The molecule has 0 saturated heterocycles. The molecule has 0 aliphatic heterocycles. The van der Waals surface area contributed by atoms with Crippen LogP contribution in [0.3, 0.4) is 0 Å². The van der Waals surface area contributed by atoms with E-state index in [1.807, 2.05) is 6.92 Å². The van der Waals surface area contributed by atoms with Crippen molar-refractivity contribution in [3.63, 3.8) is 0 Å². The summed E-state index contributed by atoms with van der Waals surface area (Å²) in [5, 5.41) is 0. The standard InChI is InChI=1S/C14H15F2N3/c1-2-19(12-6-4-3-5-11(12)15)14-13(16)10(9-17)7-8-18-14/h3-8H,2,9,17H2,1H3. The van der Waals surface area contributed by atoms with Crippen LogP contribution in [0, 0.1) is 11.6 Å². The first-order valence-electron chi connectivity index (χ1n) is 6.04. The maximum Gasteiger partial charge on any atom is 0.170 e. The van der Waals surface area contributed by atoms with Crippen LogP contribution in [0.5, 0.6) is 0 Å². The van der Waals surface area contributed by atoms with E-state index in [2.05, 4.69) is 4.98 Å². The molecule has 5 heteroatoms. The summed E-state index contributed by atoms with van der Waals surface area (Å²) in [6, 6.07) is 7.74. The second-order valence-corrected chi connectivity index (χ2v) is 4.01. The van der Waals surface area contributed by atoms with Crippen molar-refractivity contribution in [1.29, 1.82) is 0 Å². The number of aromatic nitrogens is 1. The molecule has 2 rings (SSSR count). The number of pyridine rings is 1. The van der Waals surface area contributed by atoms with Crippen molar-refractivity contribution >= 4 is 11.5 Å². The van der Waals surface area contributed by atoms with Gasteiger partial charge in [-0.3, -0.25) is 0 Å². The summed E-state index contributed by atoms with van der Waals surface area (Å²) in [4.78, 5) is 5.49. The van der Waals surface area contributed by atoms with Gasteiger partial charge in [0, 0.05) is 24.8 Å². The number of para-hydroxylation sites is 1. The summed E-state index contributed by atoms with van der Waals surface area (Å²) in [6.07, 6.45) is 1.48. The third-order valence-corrected chi connectivity index (χ3v) is 2.89. The molecule has 0 spiro atoms. The molecule has 0 amide bonds. The number of nitrogens with two attached hydrogens (primary N) is 1. The summed E-state index contributed by atoms with van der Waals surface area (Å²) in [5.41, 5.74) is 6.13. The third kappa shape index (κ3) is 2.56. The lowest BCUT2D eigenvalue weighted by molar-refractivity contribution is 0.596. The van der Waals surface area contributed by atoms with E-state index in [1.54, 1.807) is 18.2 Å². The topological polar surface area (TPSA) is 42.2 Å². The summed E-state index contributed by atoms with van der Waals surface area (Å²) in [7, 11) is 0. The smallest absolute Gasteiger partial charge is 0.170 e. The molecule has 2 aromatic rings. The van der Waals surface area contributed by atoms with Crippen molar-refractivity contribution in [1.82, 2.24) is 4.98 Å². The van der Waals surface area contributed by atoms with Gasteiger partial charge in [0.15, 0.2) is 11.6 Å². The van der Waals surface area contributed by atoms with Gasteiger partial charge in [-0.2, -0.15) is 0 Å². The normalized spacial score (nSPS) is 10.5. The van der Waals surface area contributed by atoms with Gasteiger partial charge in [-0.25, -0.2) is 13.8 Å². The van der Waals surface area contributed by atoms with Crippen molar-refractivity contribution in [3.8, 4) is 0 Å². The van der Waals surface area contributed by atoms with Crippen molar-refractivity contribution in [3.05, 3.63) is 53.7 Å². The second kappa shape index (κ2) is 5.75. The Labute approximate surface area is 110 Å². The molecule has 0 fully saturated rings. The third-order valence-electron chi connectivity index (χ3n) is 2.89. The fourth-order valence-corrected chi connectivity index (χ4v) is 1.92. The molecule has 1 aromatic carbocycles. The van der Waals surface area contributed by atoms with Gasteiger partial charge in [0.25, 0.3) is 0 Å². The molecule has 0 atom stereocenters. The molecule has 3 nitrogen and oxygen atoms in total. The van der Waals surface area contributed by atoms with Crippen LogP contribution in [0.4, 0.5) is 20.3 Å². The van der Waals surface area contributed by atoms with Crippen LogP contribution in [0.25, 0.3) is 0 Å². The predicted molar refractivity (Wildman–Crippen MR) is 71.2 cm³/mol. The zero-order chi connectivity index (χ0) is 13.8. The van der Waals surface area contributed by atoms with Gasteiger partial charge in [-0.15, -0.1) is 0 Å². The maximum absolute atomic E-state index is 14.2. The summed E-state index contributed by atoms with van der Waals surface area (Å²) in [5.74, 6) is -0.825. The van der Waals surface area contributed by atoms with E-state index in [4.69, 9.17) is 5.73 Å². The molecule has 19 heavy (non-hydrogen) atoms. The minimum absolute atomic E-state index is 0.0795. The van der Waals surface area contributed by atoms with Crippen LogP contribution >= 0.6 is 0 Å². The lowest BCUT2D eigenvalue weighted by Crippen LogP contribution is -2.21. The number of hydrogen-bond acceptors (Lipinski definition) is 3. The molecule has 0 aliphatic carbocycles. The van der Waals surface area contributed by atoms with Crippen molar-refractivity contribution in [2.24, 2.45) is 5.73 Å². The predicted octanol–water partition coefficient (Wildman–Crippen LogP) is 2.98. The van der Waals surface area contributed by atoms with Crippen molar-refractivity contribution < 1.29 is 8.78 Å². The Kier molecular flexibility index (Phi) is 4.06.